The van der Waals surface area contributed by atoms with Gasteiger partial charge >= 0.3 is 5.97 Å². The van der Waals surface area contributed by atoms with Gasteiger partial charge < -0.3 is 15.2 Å². The highest BCUT2D eigenvalue weighted by Crippen LogP contribution is 2.32. The number of rotatable bonds is 8. The zero-order valence-electron chi connectivity index (χ0n) is 19.3. The normalized spacial score (nSPS) is 12.3. The zero-order chi connectivity index (χ0) is 24.3. The molecule has 1 atom stereocenters. The molecule has 3 aromatic rings. The van der Waals surface area contributed by atoms with Crippen LogP contribution >= 0.6 is 0 Å². The number of sulfone groups is 1. The second-order valence-electron chi connectivity index (χ2n) is 8.03. The summed E-state index contributed by atoms with van der Waals surface area (Å²) in [6, 6.07) is 13.0. The average molecular weight is 469 g/mol. The van der Waals surface area contributed by atoms with Crippen LogP contribution in [0.3, 0.4) is 0 Å². The van der Waals surface area contributed by atoms with E-state index in [0.717, 1.165) is 22.4 Å². The molecule has 2 aromatic carbocycles. The number of ether oxygens (including phenoxy) is 1. The fourth-order valence-corrected chi connectivity index (χ4v) is 4.99. The second kappa shape index (κ2) is 9.62. The fourth-order valence-electron chi connectivity index (χ4n) is 3.64. The van der Waals surface area contributed by atoms with Gasteiger partial charge in [-0.15, -0.1) is 0 Å². The third-order valence-electron chi connectivity index (χ3n) is 5.27. The number of aromatic nitrogens is 1. The number of pyridine rings is 1. The Balaban J connectivity index is 1.98. The monoisotopic (exact) mass is 468 g/mol. The number of aliphatic carboxylic acids is 1. The van der Waals surface area contributed by atoms with Crippen molar-refractivity contribution in [2.24, 2.45) is 0 Å². The number of carboxylic acid groups (broad SMARTS) is 1. The number of hydrogen-bond donors (Lipinski definition) is 2. The smallest absolute Gasteiger partial charge is 0.344 e. The standard InChI is InChI=1S/C25H28N2O5S/c1-6-21(25(28)29)32-19-8-10-20(11-9-19)33(30,31)22-12-7-18(5)26-24(22)27-23-16(3)13-15(2)14-17(23)4/h7-14,21H,6H2,1-5H3,(H,26,27)(H,28,29). The molecule has 174 valence electrons. The maximum atomic E-state index is 13.5. The topological polar surface area (TPSA) is 106 Å². The number of hydrogen-bond acceptors (Lipinski definition) is 6. The number of nitrogens with one attached hydrogen (secondary N) is 1. The Morgan fingerprint density at radius 2 is 1.64 bits per heavy atom. The molecule has 0 aliphatic carbocycles. The molecule has 2 N–H and O–H groups in total. The van der Waals surface area contributed by atoms with Crippen LogP contribution in [0.5, 0.6) is 5.75 Å². The molecule has 1 unspecified atom stereocenters. The number of nitrogens with zero attached hydrogens (tertiary/aromatic N) is 1. The highest BCUT2D eigenvalue weighted by atomic mass is 32.2. The predicted octanol–water partition coefficient (Wildman–Crippen LogP) is 5.13. The predicted molar refractivity (Wildman–Crippen MR) is 127 cm³/mol. The van der Waals surface area contributed by atoms with Crippen molar-refractivity contribution in [1.82, 2.24) is 4.98 Å². The van der Waals surface area contributed by atoms with Gasteiger partial charge in [0.05, 0.1) is 4.90 Å². The van der Waals surface area contributed by atoms with Gasteiger partial charge in [0.15, 0.2) is 6.10 Å². The number of carbonyl (C=O) groups is 1. The van der Waals surface area contributed by atoms with E-state index in [0.29, 0.717) is 5.69 Å². The van der Waals surface area contributed by atoms with Gasteiger partial charge in [-0.1, -0.05) is 24.6 Å². The Kier molecular flexibility index (Phi) is 7.07. The molecule has 0 bridgehead atoms. The lowest BCUT2D eigenvalue weighted by Gasteiger charge is -2.17. The van der Waals surface area contributed by atoms with Crippen molar-refractivity contribution in [3.8, 4) is 5.75 Å². The maximum absolute atomic E-state index is 13.5. The fraction of sp³-hybridized carbons (Fsp3) is 0.280. The lowest BCUT2D eigenvalue weighted by atomic mass is 10.1. The van der Waals surface area contributed by atoms with Gasteiger partial charge in [0.1, 0.15) is 16.5 Å². The van der Waals surface area contributed by atoms with E-state index < -0.39 is 21.9 Å². The molecular formula is C25H28N2O5S. The van der Waals surface area contributed by atoms with Crippen LogP contribution in [-0.2, 0) is 14.6 Å². The molecule has 0 saturated carbocycles. The molecule has 1 heterocycles. The summed E-state index contributed by atoms with van der Waals surface area (Å²) in [5, 5.41) is 12.4. The third-order valence-corrected chi connectivity index (χ3v) is 7.07. The van der Waals surface area contributed by atoms with Crippen molar-refractivity contribution >= 4 is 27.3 Å². The van der Waals surface area contributed by atoms with Gasteiger partial charge in [-0.25, -0.2) is 18.2 Å². The molecule has 3 rings (SSSR count). The minimum absolute atomic E-state index is 0.0538. The van der Waals surface area contributed by atoms with Crippen LogP contribution in [-0.4, -0.2) is 30.6 Å². The Hall–Kier alpha value is -3.39. The van der Waals surface area contributed by atoms with Gasteiger partial charge in [0.2, 0.25) is 9.84 Å². The van der Waals surface area contributed by atoms with E-state index >= 15 is 0 Å². The van der Waals surface area contributed by atoms with E-state index in [9.17, 15) is 13.2 Å². The summed E-state index contributed by atoms with van der Waals surface area (Å²) in [5.41, 5.74) is 4.60. The third kappa shape index (κ3) is 5.34. The van der Waals surface area contributed by atoms with Crippen molar-refractivity contribution in [2.45, 2.75) is 56.9 Å². The molecule has 0 radical (unpaired) electrons. The summed E-state index contributed by atoms with van der Waals surface area (Å²) in [6.07, 6.45) is -0.706. The van der Waals surface area contributed by atoms with Crippen LogP contribution in [0.2, 0.25) is 0 Å². The van der Waals surface area contributed by atoms with Gasteiger partial charge in [-0.2, -0.15) is 0 Å². The summed E-state index contributed by atoms with van der Waals surface area (Å²) in [6.45, 7) is 9.44. The number of aryl methyl sites for hydroxylation is 4. The van der Waals surface area contributed by atoms with Crippen molar-refractivity contribution < 1.29 is 23.1 Å². The molecular weight excluding hydrogens is 440 g/mol. The summed E-state index contributed by atoms with van der Waals surface area (Å²) in [7, 11) is -3.90. The van der Waals surface area contributed by atoms with Crippen LogP contribution in [0.15, 0.2) is 58.3 Å². The van der Waals surface area contributed by atoms with Crippen LogP contribution in [0, 0.1) is 27.7 Å². The maximum Gasteiger partial charge on any atom is 0.344 e. The summed E-state index contributed by atoms with van der Waals surface area (Å²) in [5.74, 6) is -0.533. The van der Waals surface area contributed by atoms with E-state index in [1.54, 1.807) is 26.0 Å². The quantitative estimate of drug-likeness (QED) is 0.472. The van der Waals surface area contributed by atoms with Crippen LogP contribution in [0.25, 0.3) is 0 Å². The number of benzene rings is 2. The SMILES string of the molecule is CCC(Oc1ccc(S(=O)(=O)c2ccc(C)nc2Nc2c(C)cc(C)cc2C)cc1)C(=O)O. The van der Waals surface area contributed by atoms with Crippen molar-refractivity contribution in [3.63, 3.8) is 0 Å². The molecule has 33 heavy (non-hydrogen) atoms. The molecule has 1 aromatic heterocycles. The highest BCUT2D eigenvalue weighted by molar-refractivity contribution is 7.91. The van der Waals surface area contributed by atoms with Gasteiger partial charge in [0.25, 0.3) is 0 Å². The van der Waals surface area contributed by atoms with Crippen molar-refractivity contribution in [1.29, 1.82) is 0 Å². The lowest BCUT2D eigenvalue weighted by Crippen LogP contribution is -2.25. The Labute approximate surface area is 194 Å². The van der Waals surface area contributed by atoms with E-state index in [2.05, 4.69) is 10.3 Å². The average Bonchev–Trinajstić information content (AvgIpc) is 2.74. The Bertz CT molecular complexity index is 1260. The summed E-state index contributed by atoms with van der Waals surface area (Å²) >= 11 is 0. The lowest BCUT2D eigenvalue weighted by molar-refractivity contribution is -0.145. The Morgan fingerprint density at radius 1 is 1.03 bits per heavy atom. The van der Waals surface area contributed by atoms with E-state index in [4.69, 9.17) is 9.84 Å². The van der Waals surface area contributed by atoms with Gasteiger partial charge in [-0.05, 0) is 81.6 Å². The first-order valence-corrected chi connectivity index (χ1v) is 12.1. The second-order valence-corrected chi connectivity index (χ2v) is 9.94. The number of carboxylic acids is 1. The molecule has 0 aliphatic rings. The molecule has 0 fully saturated rings. The minimum Gasteiger partial charge on any atom is -0.479 e. The van der Waals surface area contributed by atoms with Crippen LogP contribution in [0.1, 0.15) is 35.7 Å². The Morgan fingerprint density at radius 3 is 2.18 bits per heavy atom. The summed E-state index contributed by atoms with van der Waals surface area (Å²) < 4.78 is 32.4. The first-order chi connectivity index (χ1) is 15.5. The molecule has 0 spiro atoms. The molecule has 7 nitrogen and oxygen atoms in total. The molecule has 0 aliphatic heterocycles. The minimum atomic E-state index is -3.90. The molecule has 8 heteroatoms. The van der Waals surface area contributed by atoms with E-state index in [-0.39, 0.29) is 27.8 Å². The first-order valence-electron chi connectivity index (χ1n) is 10.6. The van der Waals surface area contributed by atoms with Crippen LogP contribution in [0.4, 0.5) is 11.5 Å². The summed E-state index contributed by atoms with van der Waals surface area (Å²) in [4.78, 5) is 15.8. The van der Waals surface area contributed by atoms with Crippen molar-refractivity contribution in [3.05, 3.63) is 70.9 Å². The highest BCUT2D eigenvalue weighted by Gasteiger charge is 2.24. The van der Waals surface area contributed by atoms with Gasteiger partial charge in [0, 0.05) is 11.4 Å². The van der Waals surface area contributed by atoms with E-state index in [1.807, 2.05) is 32.9 Å². The first kappa shape index (κ1) is 24.3. The van der Waals surface area contributed by atoms with E-state index in [1.165, 1.54) is 24.3 Å². The molecule has 0 saturated heterocycles. The van der Waals surface area contributed by atoms with Crippen LogP contribution < -0.4 is 10.1 Å². The molecule has 0 amide bonds. The zero-order valence-corrected chi connectivity index (χ0v) is 20.2. The van der Waals surface area contributed by atoms with Crippen molar-refractivity contribution in [2.75, 3.05) is 5.32 Å². The largest absolute Gasteiger partial charge is 0.479 e. The number of anilines is 2. The van der Waals surface area contributed by atoms with Gasteiger partial charge in [-0.3, -0.25) is 0 Å².